The standard InChI is InChI=1S/C56H76N14O7/c1-33(57-3)51(71)61-47-23-19-39(27-41-21-25-49(69(41)55(47)75)53(73)59-45-17-9-13-35-11-5-7-15-43(35)45)67-29-37(63-65-67)31-77-32-38-30-68(66-64-38)40-20-24-48(62-52(72)34(2)58-4)56(76)70-42(28-40)22-26-50(70)54(74)60-46-18-10-14-36-12-6-8-16-44(36)46/h5-8,11-12,15-16,29-30,33-34,39-42,45-50,57-58H,9-10,13-14,17-28,31-32H2,1-4H3,(H,59,73)(H,60,74)(H,61,71)(H,62,72)/t33-,34-,39-,40-,41+,42+,45-,46?,47-,48-,49-,50-/m0/s1. The second kappa shape index (κ2) is 24.0. The number of likely N-dealkylation sites (N-methyl/N-ethyl adjacent to an activating group) is 2. The minimum absolute atomic E-state index is 0.125. The van der Waals surface area contributed by atoms with Crippen molar-refractivity contribution in [2.24, 2.45) is 0 Å². The molecule has 2 aliphatic carbocycles. The summed E-state index contributed by atoms with van der Waals surface area (Å²) in [5, 5.41) is 36.6. The van der Waals surface area contributed by atoms with E-state index in [0.29, 0.717) is 75.6 Å². The van der Waals surface area contributed by atoms with Crippen LogP contribution >= 0.6 is 0 Å². The van der Waals surface area contributed by atoms with Gasteiger partial charge in [-0.15, -0.1) is 10.2 Å². The second-order valence-electron chi connectivity index (χ2n) is 22.2. The van der Waals surface area contributed by atoms with Crippen LogP contribution in [-0.2, 0) is 59.6 Å². The molecule has 6 N–H and O–H groups in total. The van der Waals surface area contributed by atoms with Gasteiger partial charge in [0.15, 0.2) is 0 Å². The highest BCUT2D eigenvalue weighted by Gasteiger charge is 2.48. The van der Waals surface area contributed by atoms with E-state index in [9.17, 15) is 28.8 Å². The molecule has 4 aromatic rings. The lowest BCUT2D eigenvalue weighted by atomic mass is 9.87. The van der Waals surface area contributed by atoms with E-state index in [1.807, 2.05) is 46.0 Å². The van der Waals surface area contributed by atoms with Gasteiger partial charge in [-0.05, 0) is 153 Å². The molecule has 2 aromatic carbocycles. The Balaban J connectivity index is 0.788. The van der Waals surface area contributed by atoms with Crippen LogP contribution in [0.3, 0.4) is 0 Å². The Hall–Kier alpha value is -6.58. The van der Waals surface area contributed by atoms with Crippen molar-refractivity contribution in [1.29, 1.82) is 0 Å². The maximum Gasteiger partial charge on any atom is 0.246 e. The van der Waals surface area contributed by atoms with Crippen LogP contribution in [0.4, 0.5) is 0 Å². The molecule has 0 spiro atoms. The molecule has 21 heteroatoms. The molecule has 412 valence electrons. The first kappa shape index (κ1) is 53.8. The molecule has 12 atom stereocenters. The summed E-state index contributed by atoms with van der Waals surface area (Å²) < 4.78 is 9.82. The van der Waals surface area contributed by atoms with Crippen LogP contribution < -0.4 is 31.9 Å². The highest BCUT2D eigenvalue weighted by molar-refractivity contribution is 5.95. The first-order chi connectivity index (χ1) is 37.4. The molecule has 6 aliphatic rings. The molecule has 4 aliphatic heterocycles. The van der Waals surface area contributed by atoms with E-state index in [1.165, 1.54) is 11.1 Å². The van der Waals surface area contributed by atoms with Crippen molar-refractivity contribution in [1.82, 2.24) is 71.7 Å². The maximum atomic E-state index is 14.5. The lowest BCUT2D eigenvalue weighted by Crippen LogP contribution is -2.58. The summed E-state index contributed by atoms with van der Waals surface area (Å²) in [6, 6.07) is 11.4. The fourth-order valence-electron chi connectivity index (χ4n) is 12.9. The Labute approximate surface area is 450 Å². The molecule has 0 bridgehead atoms. The quantitative estimate of drug-likeness (QED) is 0.0944. The number of rotatable bonds is 16. The lowest BCUT2D eigenvalue weighted by Gasteiger charge is -2.38. The summed E-state index contributed by atoms with van der Waals surface area (Å²) in [4.78, 5) is 87.4. The molecular formula is C56H76N14O7. The van der Waals surface area contributed by atoms with Gasteiger partial charge in [-0.25, -0.2) is 9.36 Å². The fraction of sp³-hybridized carbons (Fsp3) is 0.607. The predicted octanol–water partition coefficient (Wildman–Crippen LogP) is 3.33. The summed E-state index contributed by atoms with van der Waals surface area (Å²) in [6.45, 7) is 3.78. The number of hydrogen-bond acceptors (Lipinski definition) is 13. The van der Waals surface area contributed by atoms with E-state index in [4.69, 9.17) is 4.74 Å². The van der Waals surface area contributed by atoms with Crippen molar-refractivity contribution >= 4 is 35.4 Å². The first-order valence-electron chi connectivity index (χ1n) is 28.1. The zero-order valence-electron chi connectivity index (χ0n) is 44.9. The van der Waals surface area contributed by atoms with Gasteiger partial charge in [0.2, 0.25) is 35.4 Å². The third-order valence-electron chi connectivity index (χ3n) is 17.4. The number of aromatic nitrogens is 6. The largest absolute Gasteiger partial charge is 0.369 e. The van der Waals surface area contributed by atoms with Gasteiger partial charge in [0.1, 0.15) is 35.6 Å². The highest BCUT2D eigenvalue weighted by Crippen LogP contribution is 2.39. The third-order valence-corrected chi connectivity index (χ3v) is 17.4. The van der Waals surface area contributed by atoms with Crippen LogP contribution in [0.15, 0.2) is 60.9 Å². The minimum atomic E-state index is -0.822. The zero-order valence-corrected chi connectivity index (χ0v) is 44.9. The van der Waals surface area contributed by atoms with Gasteiger partial charge in [0.05, 0.1) is 61.9 Å². The zero-order chi connectivity index (χ0) is 53.7. The van der Waals surface area contributed by atoms with E-state index in [-0.39, 0.29) is 84.9 Å². The Morgan fingerprint density at radius 1 is 0.545 bits per heavy atom. The van der Waals surface area contributed by atoms with Crippen molar-refractivity contribution in [3.8, 4) is 0 Å². The van der Waals surface area contributed by atoms with Gasteiger partial charge in [0.25, 0.3) is 0 Å². The van der Waals surface area contributed by atoms with Crippen molar-refractivity contribution in [3.05, 3.63) is 94.6 Å². The molecule has 21 nitrogen and oxygen atoms in total. The molecule has 1 unspecified atom stereocenters. The van der Waals surface area contributed by atoms with Crippen LogP contribution in [0.2, 0.25) is 0 Å². The number of carbonyl (C=O) groups is 6. The van der Waals surface area contributed by atoms with Crippen LogP contribution in [0, 0.1) is 0 Å². The summed E-state index contributed by atoms with van der Waals surface area (Å²) in [5.74, 6) is -1.37. The molecule has 0 saturated carbocycles. The maximum absolute atomic E-state index is 14.5. The van der Waals surface area contributed by atoms with Gasteiger partial charge >= 0.3 is 0 Å². The Morgan fingerprint density at radius 3 is 1.39 bits per heavy atom. The number of ether oxygens (including phenoxy) is 1. The van der Waals surface area contributed by atoms with Gasteiger partial charge < -0.3 is 46.4 Å². The number of fused-ring (bicyclic) bond motifs is 4. The summed E-state index contributed by atoms with van der Waals surface area (Å²) in [5.41, 5.74) is 5.96. The average Bonchev–Trinajstić information content (AvgIpc) is 4.31. The number of nitrogens with zero attached hydrogens (tertiary/aromatic N) is 8. The van der Waals surface area contributed by atoms with Gasteiger partial charge in [-0.1, -0.05) is 59.0 Å². The number of aryl methyl sites for hydroxylation is 2. The molecule has 2 aromatic heterocycles. The molecule has 6 heterocycles. The Kier molecular flexibility index (Phi) is 16.8. The smallest absolute Gasteiger partial charge is 0.246 e. The van der Waals surface area contributed by atoms with Crippen molar-refractivity contribution < 1.29 is 33.5 Å². The SMILES string of the molecule is CN[C@@H](C)C(=O)N[C@H]1CC[C@H](n2cc(COCc3cn([C@H]4CC[C@H](NC(=O)[C@H](C)NC)C(=O)N5[C@H](CC[C@H]5C(=O)N[C@H]5CCCc6ccccc65)C4)nn3)nn2)C[C@H]2CC[C@@H](C(=O)NC3CCCc4ccccc43)N2C1=O. The van der Waals surface area contributed by atoms with Crippen LogP contribution in [-0.4, -0.2) is 138 Å². The summed E-state index contributed by atoms with van der Waals surface area (Å²) in [6.07, 6.45) is 14.5. The van der Waals surface area contributed by atoms with E-state index in [2.05, 4.69) is 76.8 Å². The Morgan fingerprint density at radius 2 is 0.961 bits per heavy atom. The topological polar surface area (TPSA) is 252 Å². The number of hydrogen-bond donors (Lipinski definition) is 6. The van der Waals surface area contributed by atoms with Crippen molar-refractivity contribution in [3.63, 3.8) is 0 Å². The molecule has 10 rings (SSSR count). The van der Waals surface area contributed by atoms with Gasteiger partial charge in [-0.3, -0.25) is 28.8 Å². The molecule has 4 fully saturated rings. The second-order valence-corrected chi connectivity index (χ2v) is 22.2. The highest BCUT2D eigenvalue weighted by atomic mass is 16.5. The minimum Gasteiger partial charge on any atom is -0.369 e. The van der Waals surface area contributed by atoms with E-state index >= 15 is 0 Å². The summed E-state index contributed by atoms with van der Waals surface area (Å²) in [7, 11) is 3.40. The first-order valence-corrected chi connectivity index (χ1v) is 28.1. The Bertz CT molecular complexity index is 2600. The number of amides is 6. The van der Waals surface area contributed by atoms with Gasteiger partial charge in [0, 0.05) is 12.1 Å². The summed E-state index contributed by atoms with van der Waals surface area (Å²) >= 11 is 0. The molecule has 0 radical (unpaired) electrons. The normalized spacial score (nSPS) is 28.1. The molecule has 77 heavy (non-hydrogen) atoms. The number of carbonyl (C=O) groups excluding carboxylic acids is 6. The predicted molar refractivity (Wildman–Crippen MR) is 283 cm³/mol. The number of benzene rings is 2. The van der Waals surface area contributed by atoms with E-state index in [1.54, 1.807) is 37.7 Å². The van der Waals surface area contributed by atoms with E-state index in [0.717, 1.165) is 49.7 Å². The molecule has 4 saturated heterocycles. The fourth-order valence-corrected chi connectivity index (χ4v) is 12.9. The third kappa shape index (κ3) is 11.8. The average molecular weight is 1060 g/mol. The lowest BCUT2D eigenvalue weighted by molar-refractivity contribution is -0.145. The monoisotopic (exact) mass is 1060 g/mol. The van der Waals surface area contributed by atoms with Crippen LogP contribution in [0.25, 0.3) is 0 Å². The van der Waals surface area contributed by atoms with E-state index < -0.39 is 36.3 Å². The molecular weight excluding hydrogens is 981 g/mol. The number of nitrogens with one attached hydrogen (secondary N) is 6. The van der Waals surface area contributed by atoms with Crippen LogP contribution in [0.1, 0.15) is 162 Å². The van der Waals surface area contributed by atoms with Crippen LogP contribution in [0.5, 0.6) is 0 Å². The van der Waals surface area contributed by atoms with Crippen molar-refractivity contribution in [2.45, 2.75) is 202 Å². The van der Waals surface area contributed by atoms with Gasteiger partial charge in [-0.2, -0.15) is 0 Å². The molecule has 6 amide bonds. The van der Waals surface area contributed by atoms with Crippen molar-refractivity contribution in [2.75, 3.05) is 14.1 Å².